The Morgan fingerprint density at radius 2 is 1.61 bits per heavy atom. The van der Waals surface area contributed by atoms with Crippen molar-refractivity contribution >= 4 is 0 Å². The molecule has 1 nitrogen and oxygen atoms in total. The third kappa shape index (κ3) is 2.06. The lowest BCUT2D eigenvalue weighted by Crippen LogP contribution is -2.45. The van der Waals surface area contributed by atoms with Crippen molar-refractivity contribution in [2.75, 3.05) is 0 Å². The Labute approximate surface area is 106 Å². The van der Waals surface area contributed by atoms with Crippen LogP contribution in [0.3, 0.4) is 0 Å². The third-order valence-electron chi connectivity index (χ3n) is 5.74. The summed E-state index contributed by atoms with van der Waals surface area (Å²) in [6.45, 7) is 0. The minimum Gasteiger partial charge on any atom is -0.390 e. The van der Waals surface area contributed by atoms with E-state index in [0.29, 0.717) is 18.8 Å². The number of halogens is 3. The molecular formula is C14H21F3O. The Kier molecular flexibility index (Phi) is 2.92. The second kappa shape index (κ2) is 4.12. The molecule has 3 fully saturated rings. The molecule has 18 heavy (non-hydrogen) atoms. The van der Waals surface area contributed by atoms with E-state index in [2.05, 4.69) is 0 Å². The molecule has 3 atom stereocenters. The number of hydrogen-bond acceptors (Lipinski definition) is 1. The van der Waals surface area contributed by atoms with E-state index in [4.69, 9.17) is 0 Å². The van der Waals surface area contributed by atoms with Crippen molar-refractivity contribution in [1.82, 2.24) is 0 Å². The van der Waals surface area contributed by atoms with Gasteiger partial charge >= 0.3 is 6.18 Å². The Morgan fingerprint density at radius 1 is 0.944 bits per heavy atom. The maximum atomic E-state index is 12.6. The molecule has 0 aliphatic heterocycles. The molecule has 0 saturated heterocycles. The molecule has 0 heterocycles. The first kappa shape index (κ1) is 12.8. The zero-order chi connectivity index (χ0) is 13.0. The Bertz CT molecular complexity index is 317. The van der Waals surface area contributed by atoms with Crippen LogP contribution in [0.2, 0.25) is 0 Å². The smallest absolute Gasteiger partial charge is 0.390 e. The van der Waals surface area contributed by atoms with Crippen LogP contribution in [-0.2, 0) is 0 Å². The molecule has 0 aromatic heterocycles. The maximum Gasteiger partial charge on any atom is 0.391 e. The summed E-state index contributed by atoms with van der Waals surface area (Å²) in [5.41, 5.74) is -0.790. The summed E-state index contributed by atoms with van der Waals surface area (Å²) >= 11 is 0. The molecule has 0 spiro atoms. The number of hydrogen-bond donors (Lipinski definition) is 1. The number of fused-ring (bicyclic) bond motifs is 2. The minimum absolute atomic E-state index is 0.119. The molecule has 3 rings (SSSR count). The molecule has 4 heteroatoms. The van der Waals surface area contributed by atoms with Gasteiger partial charge in [-0.1, -0.05) is 6.42 Å². The van der Waals surface area contributed by atoms with E-state index >= 15 is 0 Å². The average molecular weight is 262 g/mol. The molecular weight excluding hydrogens is 241 g/mol. The fraction of sp³-hybridized carbons (Fsp3) is 1.00. The summed E-state index contributed by atoms with van der Waals surface area (Å²) in [7, 11) is 0. The fourth-order valence-corrected chi connectivity index (χ4v) is 4.72. The van der Waals surface area contributed by atoms with Gasteiger partial charge in [0.15, 0.2) is 0 Å². The molecule has 0 radical (unpaired) electrons. The van der Waals surface area contributed by atoms with Crippen LogP contribution in [0.4, 0.5) is 13.2 Å². The van der Waals surface area contributed by atoms with Gasteiger partial charge in [-0.25, -0.2) is 0 Å². The van der Waals surface area contributed by atoms with Crippen molar-refractivity contribution in [3.8, 4) is 0 Å². The summed E-state index contributed by atoms with van der Waals surface area (Å²) < 4.78 is 37.9. The molecule has 3 aliphatic carbocycles. The van der Waals surface area contributed by atoms with E-state index < -0.39 is 17.7 Å². The van der Waals surface area contributed by atoms with Crippen molar-refractivity contribution < 1.29 is 18.3 Å². The van der Waals surface area contributed by atoms with Gasteiger partial charge in [0.1, 0.15) is 0 Å². The van der Waals surface area contributed by atoms with Crippen LogP contribution in [0, 0.1) is 23.7 Å². The summed E-state index contributed by atoms with van der Waals surface area (Å²) in [6, 6.07) is 0. The summed E-state index contributed by atoms with van der Waals surface area (Å²) in [6.07, 6.45) is 1.57. The zero-order valence-electron chi connectivity index (χ0n) is 10.5. The highest BCUT2D eigenvalue weighted by atomic mass is 19.4. The van der Waals surface area contributed by atoms with Gasteiger partial charge in [-0.2, -0.15) is 13.2 Å². The summed E-state index contributed by atoms with van der Waals surface area (Å²) in [4.78, 5) is 0. The van der Waals surface area contributed by atoms with E-state index in [9.17, 15) is 18.3 Å². The lowest BCUT2D eigenvalue weighted by atomic mass is 9.67. The molecule has 3 saturated carbocycles. The largest absolute Gasteiger partial charge is 0.391 e. The number of aliphatic hydroxyl groups is 1. The van der Waals surface area contributed by atoms with Gasteiger partial charge in [-0.15, -0.1) is 0 Å². The highest BCUT2D eigenvalue weighted by Crippen LogP contribution is 2.56. The van der Waals surface area contributed by atoms with Gasteiger partial charge < -0.3 is 5.11 Å². The second-order valence-corrected chi connectivity index (χ2v) is 6.70. The molecule has 0 aromatic rings. The van der Waals surface area contributed by atoms with Crippen LogP contribution < -0.4 is 0 Å². The SMILES string of the molecule is OC1(C2CC3CCC2C3)CCC(C(F)(F)F)CC1. The first-order valence-corrected chi connectivity index (χ1v) is 7.17. The first-order chi connectivity index (χ1) is 8.38. The van der Waals surface area contributed by atoms with Crippen LogP contribution in [0.1, 0.15) is 51.4 Å². The van der Waals surface area contributed by atoms with E-state index in [1.807, 2.05) is 0 Å². The minimum atomic E-state index is -4.07. The van der Waals surface area contributed by atoms with Crippen LogP contribution >= 0.6 is 0 Å². The summed E-state index contributed by atoms with van der Waals surface area (Å²) in [5.74, 6) is 0.425. The van der Waals surface area contributed by atoms with E-state index in [1.54, 1.807) is 0 Å². The number of rotatable bonds is 1. The van der Waals surface area contributed by atoms with Gasteiger partial charge in [0.05, 0.1) is 11.5 Å². The topological polar surface area (TPSA) is 20.2 Å². The lowest BCUT2D eigenvalue weighted by molar-refractivity contribution is -0.197. The van der Waals surface area contributed by atoms with Crippen LogP contribution in [0.25, 0.3) is 0 Å². The van der Waals surface area contributed by atoms with Crippen molar-refractivity contribution in [2.24, 2.45) is 23.7 Å². The lowest BCUT2D eigenvalue weighted by Gasteiger charge is -2.43. The van der Waals surface area contributed by atoms with Gasteiger partial charge in [0.25, 0.3) is 0 Å². The quantitative estimate of drug-likeness (QED) is 0.759. The van der Waals surface area contributed by atoms with Crippen molar-refractivity contribution in [2.45, 2.75) is 63.1 Å². The predicted octanol–water partition coefficient (Wildman–Crippen LogP) is 3.91. The standard InChI is InChI=1S/C14H21F3O/c15-14(16,17)11-3-5-13(18,6-4-11)12-8-9-1-2-10(12)7-9/h9-12,18H,1-8H2. The molecule has 0 aromatic carbocycles. The fourth-order valence-electron chi connectivity index (χ4n) is 4.72. The zero-order valence-corrected chi connectivity index (χ0v) is 10.5. The Balaban J connectivity index is 1.64. The van der Waals surface area contributed by atoms with Gasteiger partial charge in [-0.3, -0.25) is 0 Å². The predicted molar refractivity (Wildman–Crippen MR) is 61.9 cm³/mol. The van der Waals surface area contributed by atoms with Gasteiger partial charge in [-0.05, 0) is 62.7 Å². The van der Waals surface area contributed by atoms with Gasteiger partial charge in [0, 0.05) is 0 Å². The summed E-state index contributed by atoms with van der Waals surface area (Å²) in [5, 5.41) is 10.7. The van der Waals surface area contributed by atoms with Crippen LogP contribution in [0.5, 0.6) is 0 Å². The maximum absolute atomic E-state index is 12.6. The van der Waals surface area contributed by atoms with Crippen molar-refractivity contribution in [3.63, 3.8) is 0 Å². The monoisotopic (exact) mass is 262 g/mol. The van der Waals surface area contributed by atoms with E-state index in [1.165, 1.54) is 19.3 Å². The Morgan fingerprint density at radius 3 is 2.06 bits per heavy atom. The highest BCUT2D eigenvalue weighted by molar-refractivity contribution is 5.02. The van der Waals surface area contributed by atoms with Crippen LogP contribution in [0.15, 0.2) is 0 Å². The van der Waals surface area contributed by atoms with Crippen molar-refractivity contribution in [1.29, 1.82) is 0 Å². The second-order valence-electron chi connectivity index (χ2n) is 6.70. The molecule has 2 bridgehead atoms. The normalized spacial score (nSPS) is 48.7. The third-order valence-corrected chi connectivity index (χ3v) is 5.74. The average Bonchev–Trinajstić information content (AvgIpc) is 2.90. The molecule has 3 unspecified atom stereocenters. The van der Waals surface area contributed by atoms with E-state index in [0.717, 1.165) is 12.3 Å². The molecule has 3 aliphatic rings. The highest BCUT2D eigenvalue weighted by Gasteiger charge is 2.53. The Hall–Kier alpha value is -0.250. The number of alkyl halides is 3. The molecule has 0 amide bonds. The van der Waals surface area contributed by atoms with Crippen LogP contribution in [-0.4, -0.2) is 16.9 Å². The first-order valence-electron chi connectivity index (χ1n) is 7.17. The van der Waals surface area contributed by atoms with Gasteiger partial charge in [0.2, 0.25) is 0 Å². The molecule has 1 N–H and O–H groups in total. The van der Waals surface area contributed by atoms with E-state index in [-0.39, 0.29) is 18.8 Å². The van der Waals surface area contributed by atoms with Crippen molar-refractivity contribution in [3.05, 3.63) is 0 Å². The molecule has 104 valence electrons.